The minimum Gasteiger partial charge on any atom is -0.464 e. The molecule has 3 aromatic rings. The number of aryl methyl sites for hydroxylation is 1. The predicted molar refractivity (Wildman–Crippen MR) is 93.6 cm³/mol. The molecule has 0 aromatic carbocycles. The summed E-state index contributed by atoms with van der Waals surface area (Å²) >= 11 is 0. The topological polar surface area (TPSA) is 80.0 Å². The fourth-order valence-corrected chi connectivity index (χ4v) is 3.49. The van der Waals surface area contributed by atoms with E-state index < -0.39 is 0 Å². The molecule has 0 bridgehead atoms. The van der Waals surface area contributed by atoms with Gasteiger partial charge in [0, 0.05) is 19.0 Å². The van der Waals surface area contributed by atoms with Gasteiger partial charge in [0.15, 0.2) is 5.65 Å². The maximum Gasteiger partial charge on any atom is 0.263 e. The number of hydrogen-bond acceptors (Lipinski definition) is 5. The lowest BCUT2D eigenvalue weighted by Crippen LogP contribution is -2.29. The molecule has 0 aliphatic heterocycles. The van der Waals surface area contributed by atoms with E-state index in [2.05, 4.69) is 39.0 Å². The Morgan fingerprint density at radius 2 is 2.20 bits per heavy atom. The molecule has 2 aliphatic rings. The molecule has 2 saturated carbocycles. The Balaban J connectivity index is 1.48. The fraction of sp³-hybridized carbons (Fsp3) is 0.500. The van der Waals surface area contributed by atoms with Crippen LogP contribution in [0.4, 0.5) is 5.95 Å². The number of rotatable bonds is 5. The summed E-state index contributed by atoms with van der Waals surface area (Å²) in [5.74, 6) is 3.91. The Kier molecular flexibility index (Phi) is 3.07. The van der Waals surface area contributed by atoms with Gasteiger partial charge in [-0.15, -0.1) is 0 Å². The fourth-order valence-electron chi connectivity index (χ4n) is 3.49. The summed E-state index contributed by atoms with van der Waals surface area (Å²) in [5.41, 5.74) is 0.460. The van der Waals surface area contributed by atoms with Crippen molar-refractivity contribution in [3.05, 3.63) is 40.2 Å². The van der Waals surface area contributed by atoms with Crippen molar-refractivity contribution in [1.29, 1.82) is 0 Å². The van der Waals surface area contributed by atoms with Crippen LogP contribution in [0.1, 0.15) is 43.6 Å². The second kappa shape index (κ2) is 5.21. The SMILES string of the molecule is C[C@@H]1C[C@@H]1c1ccc(CN(c2nc3c(cnn3C)c(=O)[nH]2)C2CC2)o1. The third-order valence-electron chi connectivity index (χ3n) is 5.33. The smallest absolute Gasteiger partial charge is 0.263 e. The minimum absolute atomic E-state index is 0.148. The molecule has 130 valence electrons. The Morgan fingerprint density at radius 1 is 1.40 bits per heavy atom. The van der Waals surface area contributed by atoms with Gasteiger partial charge in [0.2, 0.25) is 5.95 Å². The van der Waals surface area contributed by atoms with E-state index in [9.17, 15) is 4.79 Å². The summed E-state index contributed by atoms with van der Waals surface area (Å²) in [4.78, 5) is 22.1. The first-order chi connectivity index (χ1) is 12.1. The molecule has 2 atom stereocenters. The van der Waals surface area contributed by atoms with Crippen molar-refractivity contribution in [1.82, 2.24) is 19.7 Å². The number of nitrogens with zero attached hydrogens (tertiary/aromatic N) is 4. The van der Waals surface area contributed by atoms with Crippen molar-refractivity contribution in [2.24, 2.45) is 13.0 Å². The molecule has 7 nitrogen and oxygen atoms in total. The number of aromatic nitrogens is 4. The monoisotopic (exact) mass is 339 g/mol. The quantitative estimate of drug-likeness (QED) is 0.773. The summed E-state index contributed by atoms with van der Waals surface area (Å²) < 4.78 is 7.69. The lowest BCUT2D eigenvalue weighted by atomic mass is 10.3. The van der Waals surface area contributed by atoms with Gasteiger partial charge in [-0.1, -0.05) is 6.92 Å². The molecule has 3 aromatic heterocycles. The Bertz CT molecular complexity index is 996. The van der Waals surface area contributed by atoms with Crippen LogP contribution in [0.3, 0.4) is 0 Å². The first-order valence-corrected chi connectivity index (χ1v) is 8.87. The number of nitrogens with one attached hydrogen (secondary N) is 1. The van der Waals surface area contributed by atoms with Crippen LogP contribution in [0.2, 0.25) is 0 Å². The number of aromatic amines is 1. The molecular weight excluding hydrogens is 318 g/mol. The van der Waals surface area contributed by atoms with E-state index in [1.54, 1.807) is 17.9 Å². The molecule has 7 heteroatoms. The summed E-state index contributed by atoms with van der Waals surface area (Å²) in [6, 6.07) is 4.55. The first kappa shape index (κ1) is 14.7. The van der Waals surface area contributed by atoms with Crippen LogP contribution < -0.4 is 10.5 Å². The number of H-pyrrole nitrogens is 1. The lowest BCUT2D eigenvalue weighted by molar-refractivity contribution is 0.455. The number of hydrogen-bond donors (Lipinski definition) is 1. The second-order valence-corrected chi connectivity index (χ2v) is 7.38. The molecule has 1 N–H and O–H groups in total. The average molecular weight is 339 g/mol. The Morgan fingerprint density at radius 3 is 2.92 bits per heavy atom. The third-order valence-corrected chi connectivity index (χ3v) is 5.33. The summed E-state index contributed by atoms with van der Waals surface area (Å²) in [5, 5.41) is 4.65. The van der Waals surface area contributed by atoms with Crippen molar-refractivity contribution in [2.75, 3.05) is 4.90 Å². The number of anilines is 1. The van der Waals surface area contributed by atoms with E-state index in [1.165, 1.54) is 6.42 Å². The van der Waals surface area contributed by atoms with E-state index in [-0.39, 0.29) is 5.56 Å². The normalized spacial score (nSPS) is 22.5. The van der Waals surface area contributed by atoms with E-state index in [0.717, 1.165) is 30.3 Å². The highest BCUT2D eigenvalue weighted by Crippen LogP contribution is 2.47. The van der Waals surface area contributed by atoms with Gasteiger partial charge < -0.3 is 9.32 Å². The first-order valence-electron chi connectivity index (χ1n) is 8.87. The Labute approximate surface area is 144 Å². The van der Waals surface area contributed by atoms with Crippen molar-refractivity contribution in [2.45, 2.75) is 44.7 Å². The van der Waals surface area contributed by atoms with E-state index >= 15 is 0 Å². The van der Waals surface area contributed by atoms with Crippen LogP contribution in [0.5, 0.6) is 0 Å². The molecule has 0 spiro atoms. The minimum atomic E-state index is -0.148. The highest BCUT2D eigenvalue weighted by atomic mass is 16.3. The molecule has 0 unspecified atom stereocenters. The van der Waals surface area contributed by atoms with Crippen LogP contribution in [-0.4, -0.2) is 25.8 Å². The number of furan rings is 1. The van der Waals surface area contributed by atoms with Gasteiger partial charge >= 0.3 is 0 Å². The summed E-state index contributed by atoms with van der Waals surface area (Å²) in [6.45, 7) is 2.87. The van der Waals surface area contributed by atoms with Crippen molar-refractivity contribution in [3.8, 4) is 0 Å². The van der Waals surface area contributed by atoms with Crippen LogP contribution in [0.25, 0.3) is 11.0 Å². The number of fused-ring (bicyclic) bond motifs is 1. The van der Waals surface area contributed by atoms with Crippen LogP contribution >= 0.6 is 0 Å². The van der Waals surface area contributed by atoms with Crippen molar-refractivity contribution < 1.29 is 4.42 Å². The molecule has 3 heterocycles. The molecular formula is C18H21N5O2. The largest absolute Gasteiger partial charge is 0.464 e. The standard InChI is InChI=1S/C18H21N5O2/c1-10-7-13(10)15-6-5-12(25-15)9-23(11-3-4-11)18-20-16-14(17(24)21-18)8-19-22(16)2/h5-6,8,10-11,13H,3-4,7,9H2,1-2H3,(H,20,21,24)/t10-,13+/m1/s1. The zero-order valence-corrected chi connectivity index (χ0v) is 14.4. The molecule has 2 aliphatic carbocycles. The van der Waals surface area contributed by atoms with Gasteiger partial charge in [0.1, 0.15) is 16.9 Å². The van der Waals surface area contributed by atoms with Gasteiger partial charge in [-0.25, -0.2) is 0 Å². The maximum absolute atomic E-state index is 12.4. The molecule has 0 radical (unpaired) electrons. The van der Waals surface area contributed by atoms with Gasteiger partial charge in [-0.2, -0.15) is 10.1 Å². The zero-order chi connectivity index (χ0) is 17.1. The van der Waals surface area contributed by atoms with Crippen LogP contribution in [0, 0.1) is 5.92 Å². The second-order valence-electron chi connectivity index (χ2n) is 7.38. The van der Waals surface area contributed by atoms with Gasteiger partial charge in [0.05, 0.1) is 12.7 Å². The molecule has 2 fully saturated rings. The highest BCUT2D eigenvalue weighted by molar-refractivity contribution is 5.74. The highest BCUT2D eigenvalue weighted by Gasteiger charge is 2.37. The molecule has 0 amide bonds. The van der Waals surface area contributed by atoms with Gasteiger partial charge in [-0.3, -0.25) is 14.5 Å². The predicted octanol–water partition coefficient (Wildman–Crippen LogP) is 2.54. The summed E-state index contributed by atoms with van der Waals surface area (Å²) in [7, 11) is 1.80. The lowest BCUT2D eigenvalue weighted by Gasteiger charge is -2.21. The third kappa shape index (κ3) is 2.54. The molecule has 0 saturated heterocycles. The zero-order valence-electron chi connectivity index (χ0n) is 14.4. The van der Waals surface area contributed by atoms with Crippen LogP contribution in [-0.2, 0) is 13.6 Å². The maximum atomic E-state index is 12.4. The molecule has 5 rings (SSSR count). The van der Waals surface area contributed by atoms with E-state index in [0.29, 0.717) is 35.5 Å². The van der Waals surface area contributed by atoms with E-state index in [4.69, 9.17) is 4.42 Å². The van der Waals surface area contributed by atoms with Crippen LogP contribution in [0.15, 0.2) is 27.5 Å². The average Bonchev–Trinajstić information content (AvgIpc) is 3.48. The van der Waals surface area contributed by atoms with Crippen molar-refractivity contribution in [3.63, 3.8) is 0 Å². The van der Waals surface area contributed by atoms with Crippen molar-refractivity contribution >= 4 is 17.0 Å². The summed E-state index contributed by atoms with van der Waals surface area (Å²) in [6.07, 6.45) is 4.99. The van der Waals surface area contributed by atoms with Gasteiger partial charge in [0.25, 0.3) is 5.56 Å². The van der Waals surface area contributed by atoms with E-state index in [1.807, 2.05) is 0 Å². The molecule has 25 heavy (non-hydrogen) atoms. The Hall–Kier alpha value is -2.57. The van der Waals surface area contributed by atoms with Gasteiger partial charge in [-0.05, 0) is 37.3 Å².